The predicted molar refractivity (Wildman–Crippen MR) is 127 cm³/mol. The van der Waals surface area contributed by atoms with Crippen LogP contribution in [0.1, 0.15) is 37.7 Å². The highest BCUT2D eigenvalue weighted by molar-refractivity contribution is 5.91. The zero-order chi connectivity index (χ0) is 22.1. The molecule has 1 atom stereocenters. The third kappa shape index (κ3) is 4.14. The van der Waals surface area contributed by atoms with Gasteiger partial charge in [0.05, 0.1) is 30.2 Å². The smallest absolute Gasteiger partial charge is 0.264 e. The summed E-state index contributed by atoms with van der Waals surface area (Å²) < 4.78 is 7.00. The minimum Gasteiger partial charge on any atom is -0.379 e. The topological polar surface area (TPSA) is 72.3 Å². The minimum absolute atomic E-state index is 0.0933. The van der Waals surface area contributed by atoms with E-state index in [1.54, 1.807) is 13.4 Å². The summed E-state index contributed by atoms with van der Waals surface area (Å²) in [6, 6.07) is 10.9. The van der Waals surface area contributed by atoms with Crippen molar-refractivity contribution < 1.29 is 4.74 Å². The van der Waals surface area contributed by atoms with Crippen molar-refractivity contribution in [3.8, 4) is 11.3 Å². The third-order valence-corrected chi connectivity index (χ3v) is 6.89. The molecule has 7 heteroatoms. The Morgan fingerprint density at radius 2 is 1.94 bits per heavy atom. The Kier molecular flexibility index (Phi) is 5.93. The van der Waals surface area contributed by atoms with Crippen molar-refractivity contribution in [3.05, 3.63) is 52.6 Å². The van der Waals surface area contributed by atoms with Gasteiger partial charge in [0, 0.05) is 19.2 Å². The number of fused-ring (bicyclic) bond motifs is 1. The second-order valence-corrected chi connectivity index (χ2v) is 8.95. The molecule has 1 aromatic carbocycles. The molecule has 5 rings (SSSR count). The predicted octanol–water partition coefficient (Wildman–Crippen LogP) is 3.40. The lowest BCUT2D eigenvalue weighted by atomic mass is 9.89. The molecule has 7 nitrogen and oxygen atoms in total. The lowest BCUT2D eigenvalue weighted by molar-refractivity contribution is 0.195. The van der Waals surface area contributed by atoms with E-state index >= 15 is 0 Å². The van der Waals surface area contributed by atoms with Crippen LogP contribution in [0.3, 0.4) is 0 Å². The van der Waals surface area contributed by atoms with E-state index in [1.165, 1.54) is 36.1 Å². The van der Waals surface area contributed by atoms with Crippen LogP contribution in [0.25, 0.3) is 22.2 Å². The van der Waals surface area contributed by atoms with Gasteiger partial charge in [-0.1, -0.05) is 31.2 Å². The fourth-order valence-electron chi connectivity index (χ4n) is 4.82. The van der Waals surface area contributed by atoms with Crippen LogP contribution < -0.4 is 10.9 Å². The van der Waals surface area contributed by atoms with Crippen LogP contribution in [-0.2, 0) is 11.8 Å². The van der Waals surface area contributed by atoms with Gasteiger partial charge in [-0.3, -0.25) is 4.79 Å². The summed E-state index contributed by atoms with van der Waals surface area (Å²) >= 11 is 0. The summed E-state index contributed by atoms with van der Waals surface area (Å²) in [5.41, 5.74) is 3.83. The van der Waals surface area contributed by atoms with E-state index in [0.29, 0.717) is 29.2 Å². The Hall–Kier alpha value is -2.77. The average Bonchev–Trinajstić information content (AvgIpc) is 3.34. The van der Waals surface area contributed by atoms with E-state index in [0.717, 1.165) is 30.8 Å². The third-order valence-electron chi connectivity index (χ3n) is 6.89. The molecule has 168 valence electrons. The molecule has 4 heterocycles. The van der Waals surface area contributed by atoms with Gasteiger partial charge in [-0.15, -0.1) is 0 Å². The van der Waals surface area contributed by atoms with Gasteiger partial charge in [0.25, 0.3) is 5.56 Å². The Bertz CT molecular complexity index is 1140. The van der Waals surface area contributed by atoms with Crippen LogP contribution in [0.4, 0.5) is 5.82 Å². The van der Waals surface area contributed by atoms with Crippen molar-refractivity contribution in [1.29, 1.82) is 0 Å². The average molecular weight is 434 g/mol. The van der Waals surface area contributed by atoms with E-state index in [9.17, 15) is 4.79 Å². The number of rotatable bonds is 5. The van der Waals surface area contributed by atoms with E-state index in [2.05, 4.69) is 46.4 Å². The summed E-state index contributed by atoms with van der Waals surface area (Å²) in [5, 5.41) is 3.97. The first-order chi connectivity index (χ1) is 15.6. The Morgan fingerprint density at radius 3 is 2.62 bits per heavy atom. The molecule has 2 fully saturated rings. The van der Waals surface area contributed by atoms with Crippen LogP contribution in [0, 0.1) is 0 Å². The fourth-order valence-corrected chi connectivity index (χ4v) is 4.82. The standard InChI is InChI=1S/C25H31N5O2/c1-3-30-11-8-18(9-12-30)17-4-6-19(7-5-17)21-14-22-23(25(31)29(2)16-26-22)24(28-21)27-20-10-13-32-15-20/h4-7,14,16,18,20H,3,8-13,15H2,1-2H3,(H,27,28)/t20-/m1/s1. The SMILES string of the molecule is CCN1CCC(c2ccc(-c3cc4ncn(C)c(=O)c4c(N[C@@H]4CCOC4)n3)cc2)CC1. The molecule has 2 aliphatic heterocycles. The normalized spacial score (nSPS) is 20.1. The zero-order valence-electron chi connectivity index (χ0n) is 18.9. The molecule has 0 bridgehead atoms. The first kappa shape index (κ1) is 21.1. The number of pyridine rings is 1. The maximum absolute atomic E-state index is 12.8. The summed E-state index contributed by atoms with van der Waals surface area (Å²) in [4.78, 5) is 24.8. The van der Waals surface area contributed by atoms with Crippen LogP contribution >= 0.6 is 0 Å². The first-order valence-corrected chi connectivity index (χ1v) is 11.7. The molecule has 3 aromatic rings. The van der Waals surface area contributed by atoms with Gasteiger partial charge in [-0.2, -0.15) is 0 Å². The van der Waals surface area contributed by atoms with Gasteiger partial charge in [0.2, 0.25) is 0 Å². The van der Waals surface area contributed by atoms with E-state index in [1.807, 2.05) is 6.07 Å². The highest BCUT2D eigenvalue weighted by Crippen LogP contribution is 2.31. The van der Waals surface area contributed by atoms with Crippen molar-refractivity contribution in [2.45, 2.75) is 38.1 Å². The number of likely N-dealkylation sites (tertiary alicyclic amines) is 1. The highest BCUT2D eigenvalue weighted by atomic mass is 16.5. The Morgan fingerprint density at radius 1 is 1.16 bits per heavy atom. The van der Waals surface area contributed by atoms with Crippen LogP contribution in [0.15, 0.2) is 41.5 Å². The summed E-state index contributed by atoms with van der Waals surface area (Å²) in [7, 11) is 1.72. The maximum atomic E-state index is 12.8. The van der Waals surface area contributed by atoms with Crippen molar-refractivity contribution in [3.63, 3.8) is 0 Å². The van der Waals surface area contributed by atoms with Gasteiger partial charge in [0.1, 0.15) is 11.2 Å². The highest BCUT2D eigenvalue weighted by Gasteiger charge is 2.21. The molecule has 0 radical (unpaired) electrons. The van der Waals surface area contributed by atoms with Crippen molar-refractivity contribution >= 4 is 16.7 Å². The molecule has 0 spiro atoms. The molecule has 2 aromatic heterocycles. The van der Waals surface area contributed by atoms with Gasteiger partial charge in [0.15, 0.2) is 0 Å². The van der Waals surface area contributed by atoms with Crippen molar-refractivity contribution in [1.82, 2.24) is 19.4 Å². The quantitative estimate of drug-likeness (QED) is 0.665. The fraction of sp³-hybridized carbons (Fsp3) is 0.480. The minimum atomic E-state index is -0.0933. The second kappa shape index (κ2) is 9.00. The van der Waals surface area contributed by atoms with E-state index < -0.39 is 0 Å². The number of ether oxygens (including phenoxy) is 1. The van der Waals surface area contributed by atoms with Crippen LogP contribution in [-0.4, -0.2) is 58.3 Å². The number of anilines is 1. The number of nitrogens with zero attached hydrogens (tertiary/aromatic N) is 4. The van der Waals surface area contributed by atoms with Crippen LogP contribution in [0.5, 0.6) is 0 Å². The zero-order valence-corrected chi connectivity index (χ0v) is 18.9. The molecular weight excluding hydrogens is 402 g/mol. The monoisotopic (exact) mass is 433 g/mol. The van der Waals surface area contributed by atoms with E-state index in [-0.39, 0.29) is 11.6 Å². The van der Waals surface area contributed by atoms with Crippen LogP contribution in [0.2, 0.25) is 0 Å². The van der Waals surface area contributed by atoms with Gasteiger partial charge >= 0.3 is 0 Å². The number of benzene rings is 1. The molecule has 32 heavy (non-hydrogen) atoms. The summed E-state index contributed by atoms with van der Waals surface area (Å²) in [5.74, 6) is 1.22. The molecule has 2 aliphatic rings. The molecule has 0 aliphatic carbocycles. The van der Waals surface area contributed by atoms with Gasteiger partial charge in [-0.05, 0) is 56.4 Å². The van der Waals surface area contributed by atoms with E-state index in [4.69, 9.17) is 9.72 Å². The lowest BCUT2D eigenvalue weighted by Gasteiger charge is -2.31. The Balaban J connectivity index is 1.47. The summed E-state index contributed by atoms with van der Waals surface area (Å²) in [6.07, 6.45) is 4.90. The largest absolute Gasteiger partial charge is 0.379 e. The molecule has 0 amide bonds. The number of piperidine rings is 1. The molecule has 0 unspecified atom stereocenters. The molecule has 2 saturated heterocycles. The number of nitrogens with one attached hydrogen (secondary N) is 1. The summed E-state index contributed by atoms with van der Waals surface area (Å²) in [6.45, 7) is 7.08. The molecule has 0 saturated carbocycles. The molecular formula is C25H31N5O2. The number of aromatic nitrogens is 3. The molecule has 1 N–H and O–H groups in total. The number of hydrogen-bond donors (Lipinski definition) is 1. The Labute approximate surface area is 188 Å². The number of aryl methyl sites for hydroxylation is 1. The lowest BCUT2D eigenvalue weighted by Crippen LogP contribution is -2.32. The first-order valence-electron chi connectivity index (χ1n) is 11.7. The van der Waals surface area contributed by atoms with Gasteiger partial charge in [-0.25, -0.2) is 9.97 Å². The van der Waals surface area contributed by atoms with Crippen molar-refractivity contribution in [2.75, 3.05) is 38.2 Å². The number of hydrogen-bond acceptors (Lipinski definition) is 6. The maximum Gasteiger partial charge on any atom is 0.264 e. The second-order valence-electron chi connectivity index (χ2n) is 8.95. The van der Waals surface area contributed by atoms with Gasteiger partial charge < -0.3 is 19.5 Å². The van der Waals surface area contributed by atoms with Crippen molar-refractivity contribution in [2.24, 2.45) is 7.05 Å².